The van der Waals surface area contributed by atoms with Crippen LogP contribution in [0.3, 0.4) is 0 Å². The quantitative estimate of drug-likeness (QED) is 0.678. The molecule has 0 saturated carbocycles. The molecule has 1 aromatic carbocycles. The summed E-state index contributed by atoms with van der Waals surface area (Å²) < 4.78 is 16.9. The number of ether oxygens (including phenoxy) is 1. The maximum atomic E-state index is 12.3. The van der Waals surface area contributed by atoms with E-state index in [0.29, 0.717) is 5.75 Å². The van der Waals surface area contributed by atoms with Gasteiger partial charge in [-0.05, 0) is 24.3 Å². The summed E-state index contributed by atoms with van der Waals surface area (Å²) in [5, 5.41) is 0. The third-order valence-corrected chi connectivity index (χ3v) is 1.17. The van der Waals surface area contributed by atoms with Crippen molar-refractivity contribution in [3.8, 4) is 5.75 Å². The van der Waals surface area contributed by atoms with Gasteiger partial charge >= 0.3 is 4.88 Å². The molecule has 58 valence electrons. The van der Waals surface area contributed by atoms with Gasteiger partial charge in [-0.1, -0.05) is 0 Å². The summed E-state index contributed by atoms with van der Waals surface area (Å²) in [5.41, 5.74) is 0. The van der Waals surface area contributed by atoms with Gasteiger partial charge in [0.1, 0.15) is 11.6 Å². The number of benzene rings is 1. The lowest BCUT2D eigenvalue weighted by molar-refractivity contribution is 0.228. The Hall–Kier alpha value is -0.900. The Morgan fingerprint density at radius 2 is 1.91 bits per heavy atom. The highest BCUT2D eigenvalue weighted by Gasteiger charge is 1.97. The first-order valence-electron chi connectivity index (χ1n) is 2.81. The maximum Gasteiger partial charge on any atom is 0.379 e. The smallest absolute Gasteiger partial charge is 0.379 e. The van der Waals surface area contributed by atoms with Crippen LogP contribution in [-0.4, -0.2) is 4.88 Å². The molecule has 0 fully saturated rings. The molecular formula is C7H4BrFO2. The Morgan fingerprint density at radius 3 is 2.36 bits per heavy atom. The van der Waals surface area contributed by atoms with Gasteiger partial charge < -0.3 is 4.74 Å². The molecule has 4 heteroatoms. The zero-order valence-corrected chi connectivity index (χ0v) is 6.97. The van der Waals surface area contributed by atoms with Crippen molar-refractivity contribution in [2.45, 2.75) is 0 Å². The van der Waals surface area contributed by atoms with Crippen molar-refractivity contribution in [3.05, 3.63) is 30.1 Å². The lowest BCUT2D eigenvalue weighted by atomic mass is 10.3. The molecule has 0 aliphatic rings. The van der Waals surface area contributed by atoms with E-state index in [2.05, 4.69) is 20.7 Å². The van der Waals surface area contributed by atoms with Crippen molar-refractivity contribution >= 4 is 20.8 Å². The molecule has 0 bridgehead atoms. The van der Waals surface area contributed by atoms with E-state index >= 15 is 0 Å². The Bertz CT molecular complexity index is 258. The molecule has 0 radical (unpaired) electrons. The number of hydrogen-bond acceptors (Lipinski definition) is 2. The van der Waals surface area contributed by atoms with E-state index in [0.717, 1.165) is 0 Å². The Kier molecular flexibility index (Phi) is 2.59. The predicted octanol–water partition coefficient (Wildman–Crippen LogP) is 2.72. The molecule has 0 unspecified atom stereocenters. The van der Waals surface area contributed by atoms with Gasteiger partial charge in [0, 0.05) is 15.9 Å². The summed E-state index contributed by atoms with van der Waals surface area (Å²) >= 11 is 2.57. The second kappa shape index (κ2) is 3.48. The standard InChI is InChI=1S/C7H4BrFO2/c8-7(10)11-6-3-1-5(9)2-4-6/h1-4H. The molecule has 0 heterocycles. The van der Waals surface area contributed by atoms with Gasteiger partial charge in [-0.2, -0.15) is 0 Å². The van der Waals surface area contributed by atoms with E-state index in [1.807, 2.05) is 0 Å². The summed E-state index contributed by atoms with van der Waals surface area (Å²) in [5.74, 6) is -0.0485. The Labute approximate surface area is 71.1 Å². The van der Waals surface area contributed by atoms with Gasteiger partial charge in [-0.25, -0.2) is 9.18 Å². The molecule has 0 spiro atoms. The molecule has 0 saturated heterocycles. The summed E-state index contributed by atoms with van der Waals surface area (Å²) in [6, 6.07) is 5.17. The van der Waals surface area contributed by atoms with Gasteiger partial charge in [-0.3, -0.25) is 0 Å². The third-order valence-electron chi connectivity index (χ3n) is 1.01. The van der Waals surface area contributed by atoms with Crippen LogP contribution in [-0.2, 0) is 0 Å². The second-order valence-corrected chi connectivity index (χ2v) is 2.44. The van der Waals surface area contributed by atoms with Crippen molar-refractivity contribution in [1.29, 1.82) is 0 Å². The molecule has 1 rings (SSSR count). The average molecular weight is 219 g/mol. The van der Waals surface area contributed by atoms with E-state index < -0.39 is 4.88 Å². The molecule has 11 heavy (non-hydrogen) atoms. The van der Waals surface area contributed by atoms with Crippen LogP contribution < -0.4 is 4.74 Å². The molecule has 0 N–H and O–H groups in total. The van der Waals surface area contributed by atoms with Gasteiger partial charge in [0.25, 0.3) is 0 Å². The van der Waals surface area contributed by atoms with Crippen LogP contribution >= 0.6 is 15.9 Å². The van der Waals surface area contributed by atoms with Crippen molar-refractivity contribution in [1.82, 2.24) is 0 Å². The number of carbonyl (C=O) groups is 1. The average Bonchev–Trinajstić information content (AvgIpc) is 1.93. The zero-order valence-electron chi connectivity index (χ0n) is 5.38. The number of rotatable bonds is 1. The van der Waals surface area contributed by atoms with E-state index in [-0.39, 0.29) is 5.82 Å². The lowest BCUT2D eigenvalue weighted by Gasteiger charge is -1.97. The van der Waals surface area contributed by atoms with Gasteiger partial charge in [0.15, 0.2) is 0 Å². The number of carbonyl (C=O) groups excluding carboxylic acids is 1. The Balaban J connectivity index is 2.74. The first kappa shape index (κ1) is 8.20. The number of halogens is 2. The minimum absolute atomic E-state index is 0.313. The van der Waals surface area contributed by atoms with Crippen molar-refractivity contribution in [3.63, 3.8) is 0 Å². The molecule has 0 aliphatic carbocycles. The van der Waals surface area contributed by atoms with E-state index in [9.17, 15) is 9.18 Å². The van der Waals surface area contributed by atoms with Crippen LogP contribution in [0.15, 0.2) is 24.3 Å². The summed E-state index contributed by atoms with van der Waals surface area (Å²) in [6.07, 6.45) is 0. The third kappa shape index (κ3) is 2.67. The highest BCUT2D eigenvalue weighted by molar-refractivity contribution is 9.18. The molecule has 0 amide bonds. The fourth-order valence-electron chi connectivity index (χ4n) is 0.595. The van der Waals surface area contributed by atoms with Crippen LogP contribution in [0.2, 0.25) is 0 Å². The lowest BCUT2D eigenvalue weighted by Crippen LogP contribution is -1.94. The van der Waals surface area contributed by atoms with Crippen LogP contribution in [0.4, 0.5) is 9.18 Å². The zero-order chi connectivity index (χ0) is 8.27. The number of hydrogen-bond donors (Lipinski definition) is 0. The molecule has 2 nitrogen and oxygen atoms in total. The monoisotopic (exact) mass is 218 g/mol. The van der Waals surface area contributed by atoms with Gasteiger partial charge in [0.05, 0.1) is 0 Å². The van der Waals surface area contributed by atoms with Gasteiger partial charge in [0.2, 0.25) is 0 Å². The summed E-state index contributed by atoms with van der Waals surface area (Å²) in [6.45, 7) is 0. The van der Waals surface area contributed by atoms with Crippen molar-refractivity contribution in [2.75, 3.05) is 0 Å². The minimum atomic E-state index is -0.593. The SMILES string of the molecule is O=C(Br)Oc1ccc(F)cc1. The fraction of sp³-hybridized carbons (Fsp3) is 0. The normalized spacial score (nSPS) is 9.27. The van der Waals surface area contributed by atoms with Crippen molar-refractivity contribution in [2.24, 2.45) is 0 Å². The van der Waals surface area contributed by atoms with E-state index in [1.165, 1.54) is 24.3 Å². The van der Waals surface area contributed by atoms with Crippen molar-refractivity contribution < 1.29 is 13.9 Å². The predicted molar refractivity (Wildman–Crippen MR) is 41.4 cm³/mol. The summed E-state index contributed by atoms with van der Waals surface area (Å²) in [7, 11) is 0. The highest BCUT2D eigenvalue weighted by Crippen LogP contribution is 2.12. The molecule has 1 aromatic rings. The summed E-state index contributed by atoms with van der Waals surface area (Å²) in [4.78, 5) is 9.71. The Morgan fingerprint density at radius 1 is 1.36 bits per heavy atom. The second-order valence-electron chi connectivity index (χ2n) is 1.79. The topological polar surface area (TPSA) is 26.3 Å². The van der Waals surface area contributed by atoms with Crippen LogP contribution in [0.5, 0.6) is 5.75 Å². The fourth-order valence-corrected chi connectivity index (χ4v) is 0.782. The largest absolute Gasteiger partial charge is 0.418 e. The first-order valence-corrected chi connectivity index (χ1v) is 3.60. The molecule has 0 aliphatic heterocycles. The van der Waals surface area contributed by atoms with Crippen LogP contribution in [0.1, 0.15) is 0 Å². The minimum Gasteiger partial charge on any atom is -0.418 e. The highest BCUT2D eigenvalue weighted by atomic mass is 79.9. The van der Waals surface area contributed by atoms with Crippen LogP contribution in [0.25, 0.3) is 0 Å². The first-order chi connectivity index (χ1) is 5.18. The molecule has 0 aromatic heterocycles. The maximum absolute atomic E-state index is 12.3. The van der Waals surface area contributed by atoms with Crippen LogP contribution in [0, 0.1) is 5.82 Å². The van der Waals surface area contributed by atoms with Gasteiger partial charge in [-0.15, -0.1) is 0 Å². The molecular weight excluding hydrogens is 215 g/mol. The molecule has 0 atom stereocenters. The van der Waals surface area contributed by atoms with E-state index in [4.69, 9.17) is 0 Å². The van der Waals surface area contributed by atoms with E-state index in [1.54, 1.807) is 0 Å².